The molecule has 1 N–H and O–H groups in total. The highest BCUT2D eigenvalue weighted by Crippen LogP contribution is 2.34. The molecule has 0 aliphatic rings. The lowest BCUT2D eigenvalue weighted by molar-refractivity contribution is 0.761. The number of halogens is 2. The van der Waals surface area contributed by atoms with Gasteiger partial charge < -0.3 is 14.0 Å². The van der Waals surface area contributed by atoms with Gasteiger partial charge in [0.25, 0.3) is 11.1 Å². The average molecular weight is 511 g/mol. The quantitative estimate of drug-likeness (QED) is 0.369. The van der Waals surface area contributed by atoms with Crippen LogP contribution in [0.5, 0.6) is 0 Å². The number of thiophene rings is 1. The SMILES string of the molecule is [C-]#[N+]c1nn(-c2cc(Cl)c(-n3ccc4c3ccc(=O)n4Cc3ccsc3)c(Cl)c2)c(=O)[nH]c1=O. The molecule has 0 bridgehead atoms. The molecule has 168 valence electrons. The van der Waals surface area contributed by atoms with E-state index in [2.05, 4.69) is 9.94 Å². The van der Waals surface area contributed by atoms with Crippen molar-refractivity contribution in [2.45, 2.75) is 6.54 Å². The molecule has 12 heteroatoms. The molecular formula is C22H12Cl2N6O3S. The molecule has 0 unspecified atom stereocenters. The Bertz CT molecular complexity index is 1770. The molecule has 34 heavy (non-hydrogen) atoms. The molecule has 0 spiro atoms. The van der Waals surface area contributed by atoms with Crippen LogP contribution in [0.15, 0.2) is 67.7 Å². The zero-order chi connectivity index (χ0) is 24.0. The highest BCUT2D eigenvalue weighted by Gasteiger charge is 2.18. The van der Waals surface area contributed by atoms with E-state index in [1.165, 1.54) is 18.2 Å². The zero-order valence-electron chi connectivity index (χ0n) is 17.0. The van der Waals surface area contributed by atoms with E-state index in [0.29, 0.717) is 23.3 Å². The van der Waals surface area contributed by atoms with Gasteiger partial charge in [-0.05, 0) is 51.8 Å². The van der Waals surface area contributed by atoms with Crippen molar-refractivity contribution >= 4 is 51.4 Å². The van der Waals surface area contributed by atoms with Crippen LogP contribution in [0.3, 0.4) is 0 Å². The van der Waals surface area contributed by atoms with Crippen LogP contribution < -0.4 is 16.8 Å². The van der Waals surface area contributed by atoms with Gasteiger partial charge >= 0.3 is 11.5 Å². The Kier molecular flexibility index (Phi) is 5.45. The van der Waals surface area contributed by atoms with E-state index < -0.39 is 17.1 Å². The molecule has 1 aromatic carbocycles. The third kappa shape index (κ3) is 3.66. The molecule has 0 amide bonds. The van der Waals surface area contributed by atoms with Crippen molar-refractivity contribution in [3.05, 3.63) is 112 Å². The number of aromatic nitrogens is 5. The molecule has 0 atom stereocenters. The summed E-state index contributed by atoms with van der Waals surface area (Å²) in [6.45, 7) is 7.47. The Hall–Kier alpha value is -3.91. The first-order valence-corrected chi connectivity index (χ1v) is 11.4. The minimum Gasteiger partial charge on any atom is -0.354 e. The molecule has 9 nitrogen and oxygen atoms in total. The molecular weight excluding hydrogens is 499 g/mol. The monoisotopic (exact) mass is 510 g/mol. The topological polar surface area (TPSA) is 99.0 Å². The number of H-pyrrole nitrogens is 1. The van der Waals surface area contributed by atoms with E-state index in [1.807, 2.05) is 21.8 Å². The Balaban J connectivity index is 1.65. The Morgan fingerprint density at radius 3 is 2.50 bits per heavy atom. The van der Waals surface area contributed by atoms with E-state index >= 15 is 0 Å². The lowest BCUT2D eigenvalue weighted by Crippen LogP contribution is -2.30. The van der Waals surface area contributed by atoms with Crippen LogP contribution >= 0.6 is 34.5 Å². The normalized spacial score (nSPS) is 11.1. The predicted octanol–water partition coefficient (Wildman–Crippen LogP) is 3.99. The van der Waals surface area contributed by atoms with Gasteiger partial charge in [0.1, 0.15) is 0 Å². The number of nitrogens with zero attached hydrogens (tertiary/aromatic N) is 5. The fourth-order valence-corrected chi connectivity index (χ4v) is 4.97. The molecule has 0 aliphatic carbocycles. The van der Waals surface area contributed by atoms with Gasteiger partial charge in [0.05, 0.1) is 39.0 Å². The molecule has 0 saturated heterocycles. The van der Waals surface area contributed by atoms with Gasteiger partial charge in [0.15, 0.2) is 0 Å². The lowest BCUT2D eigenvalue weighted by atomic mass is 10.2. The van der Waals surface area contributed by atoms with E-state index in [1.54, 1.807) is 38.8 Å². The Labute approximate surface area is 204 Å². The van der Waals surface area contributed by atoms with Crippen LogP contribution in [-0.2, 0) is 6.54 Å². The Morgan fingerprint density at radius 2 is 1.82 bits per heavy atom. The summed E-state index contributed by atoms with van der Waals surface area (Å²) >= 11 is 14.7. The number of benzene rings is 1. The van der Waals surface area contributed by atoms with Crippen LogP contribution in [0.25, 0.3) is 27.3 Å². The summed E-state index contributed by atoms with van der Waals surface area (Å²) in [4.78, 5) is 41.5. The summed E-state index contributed by atoms with van der Waals surface area (Å²) in [7, 11) is 0. The molecule has 0 aliphatic heterocycles. The van der Waals surface area contributed by atoms with E-state index in [-0.39, 0.29) is 21.3 Å². The van der Waals surface area contributed by atoms with Gasteiger partial charge in [-0.25, -0.2) is 4.79 Å². The number of aromatic amines is 1. The molecule has 5 aromatic rings. The second-order valence-electron chi connectivity index (χ2n) is 7.21. The predicted molar refractivity (Wildman–Crippen MR) is 131 cm³/mol. The second kappa shape index (κ2) is 8.46. The third-order valence-electron chi connectivity index (χ3n) is 5.17. The van der Waals surface area contributed by atoms with Crippen molar-refractivity contribution in [2.75, 3.05) is 0 Å². The fraction of sp³-hybridized carbons (Fsp3) is 0.0455. The molecule has 4 aromatic heterocycles. The summed E-state index contributed by atoms with van der Waals surface area (Å²) in [6.07, 6.45) is 1.75. The standard InChI is InChI=1S/C22H12Cl2N6O3S/c1-25-20-21(32)26-22(33)30(27-20)13-8-14(23)19(15(24)9-13)28-6-4-17-16(28)2-3-18(31)29(17)10-12-5-7-34-11-12/h2-9,11H,10H2,(H,26,32,33). The van der Waals surface area contributed by atoms with Crippen molar-refractivity contribution in [1.29, 1.82) is 0 Å². The highest BCUT2D eigenvalue weighted by atomic mass is 35.5. The summed E-state index contributed by atoms with van der Waals surface area (Å²) in [5.74, 6) is -0.490. The van der Waals surface area contributed by atoms with Crippen molar-refractivity contribution in [1.82, 2.24) is 23.9 Å². The smallest absolute Gasteiger partial charge is 0.354 e. The third-order valence-corrected chi connectivity index (χ3v) is 6.48. The van der Waals surface area contributed by atoms with Crippen molar-refractivity contribution < 1.29 is 0 Å². The number of nitrogens with one attached hydrogen (secondary N) is 1. The van der Waals surface area contributed by atoms with Gasteiger partial charge in [-0.1, -0.05) is 29.8 Å². The maximum atomic E-state index is 12.6. The van der Waals surface area contributed by atoms with Gasteiger partial charge in [-0.15, -0.1) is 4.68 Å². The molecule has 0 saturated carbocycles. The second-order valence-corrected chi connectivity index (χ2v) is 8.80. The van der Waals surface area contributed by atoms with Gasteiger partial charge in [0, 0.05) is 12.3 Å². The van der Waals surface area contributed by atoms with Gasteiger partial charge in [0.2, 0.25) is 0 Å². The van der Waals surface area contributed by atoms with Gasteiger partial charge in [-0.3, -0.25) is 14.6 Å². The lowest BCUT2D eigenvalue weighted by Gasteiger charge is -2.13. The van der Waals surface area contributed by atoms with E-state index in [9.17, 15) is 14.4 Å². The minimum atomic E-state index is -0.877. The maximum Gasteiger partial charge on any atom is 0.365 e. The van der Waals surface area contributed by atoms with Crippen LogP contribution in [-0.4, -0.2) is 23.9 Å². The van der Waals surface area contributed by atoms with Crippen LogP contribution in [0.1, 0.15) is 5.56 Å². The molecule has 5 rings (SSSR count). The van der Waals surface area contributed by atoms with Crippen LogP contribution in [0, 0.1) is 6.57 Å². The molecule has 4 heterocycles. The fourth-order valence-electron chi connectivity index (χ4n) is 3.65. The molecule has 0 radical (unpaired) electrons. The Morgan fingerprint density at radius 1 is 1.06 bits per heavy atom. The van der Waals surface area contributed by atoms with E-state index in [4.69, 9.17) is 29.8 Å². The largest absolute Gasteiger partial charge is 0.365 e. The number of hydrogen-bond donors (Lipinski definition) is 1. The first-order valence-electron chi connectivity index (χ1n) is 9.70. The number of rotatable bonds is 4. The number of pyridine rings is 1. The van der Waals surface area contributed by atoms with Crippen LogP contribution in [0.2, 0.25) is 10.0 Å². The van der Waals surface area contributed by atoms with Gasteiger partial charge in [-0.2, -0.15) is 11.3 Å². The zero-order valence-corrected chi connectivity index (χ0v) is 19.4. The summed E-state index contributed by atoms with van der Waals surface area (Å²) < 4.78 is 4.27. The van der Waals surface area contributed by atoms with Crippen molar-refractivity contribution in [3.8, 4) is 11.4 Å². The molecule has 0 fully saturated rings. The van der Waals surface area contributed by atoms with Crippen molar-refractivity contribution in [2.24, 2.45) is 0 Å². The highest BCUT2D eigenvalue weighted by molar-refractivity contribution is 7.07. The average Bonchev–Trinajstić information content (AvgIpc) is 3.46. The number of fused-ring (bicyclic) bond motifs is 1. The summed E-state index contributed by atoms with van der Waals surface area (Å²) in [6, 6.07) is 9.85. The minimum absolute atomic E-state index is 0.136. The first-order chi connectivity index (χ1) is 16.4. The number of hydrogen-bond acceptors (Lipinski definition) is 5. The summed E-state index contributed by atoms with van der Waals surface area (Å²) in [5, 5.41) is 8.12. The van der Waals surface area contributed by atoms with Crippen LogP contribution in [0.4, 0.5) is 5.82 Å². The van der Waals surface area contributed by atoms with Crippen molar-refractivity contribution in [3.63, 3.8) is 0 Å². The van der Waals surface area contributed by atoms with E-state index in [0.717, 1.165) is 10.2 Å². The summed E-state index contributed by atoms with van der Waals surface area (Å²) in [5.41, 5.74) is 1.20. The first kappa shape index (κ1) is 21.9. The maximum absolute atomic E-state index is 12.6.